The SMILES string of the molecule is CC(C)(C)c1ccc2c(N(c3ccc(-c4ccccc4)cc3)c3cccc4c3oc3ccccc34)c3cc(C(C)(C)C)ccc3c(N(c3ccc(-c4ccccc4)cc3)c3cccc4c3oc3ccccc34)c2c1. The van der Waals surface area contributed by atoms with E-state index in [4.69, 9.17) is 8.83 Å². The van der Waals surface area contributed by atoms with Gasteiger partial charge in [-0.05, 0) is 105 Å². The van der Waals surface area contributed by atoms with Crippen molar-refractivity contribution in [2.45, 2.75) is 52.4 Å². The van der Waals surface area contributed by atoms with Crippen LogP contribution in [-0.4, -0.2) is 0 Å². The molecule has 11 aromatic carbocycles. The molecule has 0 atom stereocenters. The van der Waals surface area contributed by atoms with Crippen molar-refractivity contribution in [3.05, 3.63) is 242 Å². The normalized spacial score (nSPS) is 12.2. The lowest BCUT2D eigenvalue weighted by Gasteiger charge is -2.34. The highest BCUT2D eigenvalue weighted by Crippen LogP contribution is 2.55. The third-order valence-corrected chi connectivity index (χ3v) is 15.0. The summed E-state index contributed by atoms with van der Waals surface area (Å²) >= 11 is 0. The van der Waals surface area contributed by atoms with Crippen LogP contribution in [0.5, 0.6) is 0 Å². The number of anilines is 6. The van der Waals surface area contributed by atoms with Crippen molar-refractivity contribution in [3.8, 4) is 22.3 Å². The number of rotatable bonds is 8. The molecule has 13 aromatic rings. The van der Waals surface area contributed by atoms with Gasteiger partial charge in [0.15, 0.2) is 11.2 Å². The third kappa shape index (κ3) is 7.60. The maximum Gasteiger partial charge on any atom is 0.159 e. The van der Waals surface area contributed by atoms with Crippen LogP contribution in [0.3, 0.4) is 0 Å². The first kappa shape index (κ1) is 45.0. The first-order chi connectivity index (χ1) is 36.0. The van der Waals surface area contributed by atoms with Gasteiger partial charge in [-0.2, -0.15) is 0 Å². The van der Waals surface area contributed by atoms with Crippen LogP contribution in [0.4, 0.5) is 34.1 Å². The van der Waals surface area contributed by atoms with Gasteiger partial charge < -0.3 is 18.6 Å². The lowest BCUT2D eigenvalue weighted by molar-refractivity contribution is 0.590. The van der Waals surface area contributed by atoms with Crippen molar-refractivity contribution in [1.82, 2.24) is 0 Å². The summed E-state index contributed by atoms with van der Waals surface area (Å²) in [6.07, 6.45) is 0. The molecule has 0 radical (unpaired) electrons. The second-order valence-corrected chi connectivity index (χ2v) is 21.7. The lowest BCUT2D eigenvalue weighted by atomic mass is 9.82. The third-order valence-electron chi connectivity index (χ3n) is 15.0. The van der Waals surface area contributed by atoms with E-state index in [0.717, 1.165) is 111 Å². The summed E-state index contributed by atoms with van der Waals surface area (Å²) in [6.45, 7) is 13.9. The first-order valence-corrected chi connectivity index (χ1v) is 25.7. The van der Waals surface area contributed by atoms with Crippen molar-refractivity contribution in [2.75, 3.05) is 9.80 Å². The van der Waals surface area contributed by atoms with Gasteiger partial charge >= 0.3 is 0 Å². The van der Waals surface area contributed by atoms with Gasteiger partial charge in [0.2, 0.25) is 0 Å². The maximum atomic E-state index is 6.99. The fourth-order valence-electron chi connectivity index (χ4n) is 11.1. The summed E-state index contributed by atoms with van der Waals surface area (Å²) in [5.41, 5.74) is 16.3. The Morgan fingerprint density at radius 1 is 0.284 bits per heavy atom. The van der Waals surface area contributed by atoms with Crippen molar-refractivity contribution in [2.24, 2.45) is 0 Å². The molecular weight excluding hydrogens is 901 g/mol. The molecule has 0 N–H and O–H groups in total. The average Bonchev–Trinajstić information content (AvgIpc) is 4.01. The first-order valence-electron chi connectivity index (χ1n) is 25.7. The molecule has 0 saturated heterocycles. The van der Waals surface area contributed by atoms with E-state index in [-0.39, 0.29) is 10.8 Å². The van der Waals surface area contributed by atoms with Crippen LogP contribution in [0.25, 0.3) is 87.7 Å². The summed E-state index contributed by atoms with van der Waals surface area (Å²) < 4.78 is 14.0. The summed E-state index contributed by atoms with van der Waals surface area (Å²) in [4.78, 5) is 4.94. The topological polar surface area (TPSA) is 32.8 Å². The molecule has 0 aliphatic carbocycles. The number of para-hydroxylation sites is 4. The number of benzene rings is 11. The van der Waals surface area contributed by atoms with E-state index < -0.39 is 0 Å². The monoisotopic (exact) mass is 956 g/mol. The van der Waals surface area contributed by atoms with Crippen molar-refractivity contribution >= 4 is 99.5 Å². The predicted molar refractivity (Wildman–Crippen MR) is 314 cm³/mol. The van der Waals surface area contributed by atoms with E-state index in [0.29, 0.717) is 0 Å². The van der Waals surface area contributed by atoms with Gasteiger partial charge in [0, 0.05) is 54.5 Å². The zero-order valence-electron chi connectivity index (χ0n) is 42.7. The van der Waals surface area contributed by atoms with Crippen LogP contribution in [-0.2, 0) is 10.8 Å². The van der Waals surface area contributed by atoms with E-state index in [9.17, 15) is 0 Å². The van der Waals surface area contributed by atoms with Crippen LogP contribution in [0, 0.1) is 0 Å². The van der Waals surface area contributed by atoms with E-state index in [2.05, 4.69) is 282 Å². The molecule has 0 unspecified atom stereocenters. The zero-order chi connectivity index (χ0) is 50.3. The van der Waals surface area contributed by atoms with Gasteiger partial charge in [-0.1, -0.05) is 211 Å². The Morgan fingerprint density at radius 2 is 0.635 bits per heavy atom. The second kappa shape index (κ2) is 17.4. The molecule has 2 aromatic heterocycles. The number of hydrogen-bond acceptors (Lipinski definition) is 4. The number of nitrogens with zero attached hydrogens (tertiary/aromatic N) is 2. The van der Waals surface area contributed by atoms with Gasteiger partial charge in [-0.3, -0.25) is 0 Å². The minimum Gasteiger partial charge on any atom is -0.454 e. The molecule has 4 nitrogen and oxygen atoms in total. The molecule has 0 fully saturated rings. The summed E-state index contributed by atoms with van der Waals surface area (Å²) in [7, 11) is 0. The Morgan fingerprint density at radius 3 is 1.03 bits per heavy atom. The van der Waals surface area contributed by atoms with Crippen LogP contribution in [0.2, 0.25) is 0 Å². The van der Waals surface area contributed by atoms with Gasteiger partial charge in [0.05, 0.1) is 22.7 Å². The quantitative estimate of drug-likeness (QED) is 0.112. The Kier molecular flexibility index (Phi) is 10.6. The Labute approximate surface area is 432 Å². The average molecular weight is 957 g/mol. The molecule has 0 aliphatic heterocycles. The van der Waals surface area contributed by atoms with Crippen molar-refractivity contribution in [3.63, 3.8) is 0 Å². The number of furan rings is 2. The maximum absolute atomic E-state index is 6.99. The minimum absolute atomic E-state index is 0.162. The van der Waals surface area contributed by atoms with Crippen molar-refractivity contribution in [1.29, 1.82) is 0 Å². The molecule has 0 spiro atoms. The van der Waals surface area contributed by atoms with E-state index in [1.807, 2.05) is 0 Å². The molecule has 4 heteroatoms. The second-order valence-electron chi connectivity index (χ2n) is 21.7. The highest BCUT2D eigenvalue weighted by Gasteiger charge is 2.31. The predicted octanol–water partition coefficient (Wildman–Crippen LogP) is 20.7. The van der Waals surface area contributed by atoms with Crippen LogP contribution in [0.15, 0.2) is 239 Å². The standard InChI is InChI=1S/C70H56N2O2/c1-69(2,3)49-35-41-55-59(43-49)65(71(51-37-31-47(32-38-51)45-19-9-7-10-20-45)61-27-17-25-57-53-23-13-15-29-63(53)73-67(57)61)56-42-36-50(70(4,5)6)44-60(56)66(55)72(52-39-33-48(34-40-52)46-21-11-8-12-22-46)62-28-18-26-58-54-24-14-16-30-64(54)74-68(58)62/h7-44H,1-6H3. The number of hydrogen-bond donors (Lipinski definition) is 0. The molecular formula is C70H56N2O2. The molecule has 0 bridgehead atoms. The number of fused-ring (bicyclic) bond motifs is 8. The Bertz CT molecular complexity index is 3970. The van der Waals surface area contributed by atoms with E-state index in [1.54, 1.807) is 0 Å². The van der Waals surface area contributed by atoms with Crippen LogP contribution in [0.1, 0.15) is 52.7 Å². The van der Waals surface area contributed by atoms with Gasteiger partial charge in [-0.25, -0.2) is 0 Å². The van der Waals surface area contributed by atoms with Gasteiger partial charge in [0.25, 0.3) is 0 Å². The van der Waals surface area contributed by atoms with Crippen molar-refractivity contribution < 1.29 is 8.83 Å². The van der Waals surface area contributed by atoms with Crippen LogP contribution < -0.4 is 9.80 Å². The molecule has 358 valence electrons. The zero-order valence-corrected chi connectivity index (χ0v) is 42.7. The smallest absolute Gasteiger partial charge is 0.159 e. The molecule has 0 amide bonds. The van der Waals surface area contributed by atoms with E-state index in [1.165, 1.54) is 22.3 Å². The molecule has 13 rings (SSSR count). The molecule has 0 aliphatic rings. The highest BCUT2D eigenvalue weighted by atomic mass is 16.3. The minimum atomic E-state index is -0.162. The Balaban J connectivity index is 1.18. The molecule has 74 heavy (non-hydrogen) atoms. The fourth-order valence-corrected chi connectivity index (χ4v) is 11.1. The van der Waals surface area contributed by atoms with Gasteiger partial charge in [-0.15, -0.1) is 0 Å². The van der Waals surface area contributed by atoms with Crippen LogP contribution >= 0.6 is 0 Å². The summed E-state index contributed by atoms with van der Waals surface area (Å²) in [5, 5.41) is 8.77. The Hall–Kier alpha value is -8.86. The lowest BCUT2D eigenvalue weighted by Crippen LogP contribution is -2.17. The fraction of sp³-hybridized carbons (Fsp3) is 0.114. The largest absolute Gasteiger partial charge is 0.454 e. The molecule has 2 heterocycles. The summed E-state index contributed by atoms with van der Waals surface area (Å²) in [5.74, 6) is 0. The highest BCUT2D eigenvalue weighted by molar-refractivity contribution is 6.25. The summed E-state index contributed by atoms with van der Waals surface area (Å²) in [6, 6.07) is 83.6. The van der Waals surface area contributed by atoms with Gasteiger partial charge in [0.1, 0.15) is 11.2 Å². The molecule has 0 saturated carbocycles. The van der Waals surface area contributed by atoms with E-state index >= 15 is 0 Å².